The third-order valence-corrected chi connectivity index (χ3v) is 4.03. The van der Waals surface area contributed by atoms with E-state index in [1.54, 1.807) is 16.0 Å². The Labute approximate surface area is 117 Å². The van der Waals surface area contributed by atoms with Crippen LogP contribution in [0, 0.1) is 0 Å². The van der Waals surface area contributed by atoms with Crippen molar-refractivity contribution in [2.45, 2.75) is 52.1 Å². The van der Waals surface area contributed by atoms with Crippen LogP contribution in [0.1, 0.15) is 51.0 Å². The summed E-state index contributed by atoms with van der Waals surface area (Å²) >= 11 is 1.69. The SMILES string of the molecule is CC(C)(C)c1nc(Cn2cc(C(C)(C)N)nn2)cs1. The lowest BCUT2D eigenvalue weighted by molar-refractivity contribution is 0.533. The summed E-state index contributed by atoms with van der Waals surface area (Å²) < 4.78 is 1.78. The first-order valence-corrected chi connectivity index (χ1v) is 7.18. The van der Waals surface area contributed by atoms with Gasteiger partial charge in [-0.25, -0.2) is 9.67 Å². The van der Waals surface area contributed by atoms with Gasteiger partial charge in [-0.1, -0.05) is 26.0 Å². The molecule has 0 atom stereocenters. The fourth-order valence-corrected chi connectivity index (χ4v) is 2.46. The third-order valence-electron chi connectivity index (χ3n) is 2.72. The average molecular weight is 279 g/mol. The molecule has 104 valence electrons. The Morgan fingerprint density at radius 3 is 2.42 bits per heavy atom. The van der Waals surface area contributed by atoms with Crippen LogP contribution in [0.15, 0.2) is 11.6 Å². The second-order valence-corrected chi connectivity index (χ2v) is 7.28. The van der Waals surface area contributed by atoms with Gasteiger partial charge in [0.1, 0.15) is 5.69 Å². The van der Waals surface area contributed by atoms with Crippen LogP contribution in [0.3, 0.4) is 0 Å². The number of nitrogens with zero attached hydrogens (tertiary/aromatic N) is 4. The number of nitrogens with two attached hydrogens (primary N) is 1. The summed E-state index contributed by atoms with van der Waals surface area (Å²) in [6.45, 7) is 11.0. The smallest absolute Gasteiger partial charge is 0.102 e. The van der Waals surface area contributed by atoms with Crippen LogP contribution >= 0.6 is 11.3 Å². The lowest BCUT2D eigenvalue weighted by Crippen LogP contribution is -2.29. The highest BCUT2D eigenvalue weighted by Crippen LogP contribution is 2.25. The van der Waals surface area contributed by atoms with Gasteiger partial charge < -0.3 is 5.73 Å². The monoisotopic (exact) mass is 279 g/mol. The van der Waals surface area contributed by atoms with Gasteiger partial charge in [0.05, 0.1) is 29.0 Å². The molecule has 0 aliphatic heterocycles. The molecule has 0 spiro atoms. The highest BCUT2D eigenvalue weighted by atomic mass is 32.1. The van der Waals surface area contributed by atoms with Crippen molar-refractivity contribution < 1.29 is 0 Å². The number of aromatic nitrogens is 4. The van der Waals surface area contributed by atoms with E-state index in [1.807, 2.05) is 20.0 Å². The van der Waals surface area contributed by atoms with Crippen LogP contribution in [0.25, 0.3) is 0 Å². The molecule has 0 aliphatic rings. The van der Waals surface area contributed by atoms with E-state index in [2.05, 4.69) is 41.4 Å². The summed E-state index contributed by atoms with van der Waals surface area (Å²) in [6.07, 6.45) is 1.89. The van der Waals surface area contributed by atoms with Crippen molar-refractivity contribution in [3.05, 3.63) is 28.0 Å². The van der Waals surface area contributed by atoms with Crippen LogP contribution in [0.5, 0.6) is 0 Å². The summed E-state index contributed by atoms with van der Waals surface area (Å²) in [4.78, 5) is 4.65. The lowest BCUT2D eigenvalue weighted by Gasteiger charge is -2.13. The Hall–Kier alpha value is -1.27. The molecule has 5 nitrogen and oxygen atoms in total. The summed E-state index contributed by atoms with van der Waals surface area (Å²) in [5.74, 6) is 0. The van der Waals surface area contributed by atoms with Crippen LogP contribution < -0.4 is 5.73 Å². The molecule has 2 N–H and O–H groups in total. The minimum absolute atomic E-state index is 0.0929. The van der Waals surface area contributed by atoms with Gasteiger partial charge in [0.25, 0.3) is 0 Å². The van der Waals surface area contributed by atoms with Gasteiger partial charge in [0.15, 0.2) is 0 Å². The van der Waals surface area contributed by atoms with Crippen LogP contribution in [-0.2, 0) is 17.5 Å². The molecule has 2 aromatic rings. The first kappa shape index (κ1) is 14.1. The van der Waals surface area contributed by atoms with E-state index in [0.29, 0.717) is 6.54 Å². The molecule has 0 saturated carbocycles. The molecule has 0 aliphatic carbocycles. The second kappa shape index (κ2) is 4.68. The van der Waals surface area contributed by atoms with Gasteiger partial charge in [-0.2, -0.15) is 0 Å². The topological polar surface area (TPSA) is 69.6 Å². The van der Waals surface area contributed by atoms with E-state index in [-0.39, 0.29) is 5.41 Å². The first-order valence-electron chi connectivity index (χ1n) is 6.30. The maximum atomic E-state index is 6.00. The zero-order valence-corrected chi connectivity index (χ0v) is 13.0. The van der Waals surface area contributed by atoms with Crippen LogP contribution in [-0.4, -0.2) is 20.0 Å². The van der Waals surface area contributed by atoms with Crippen molar-refractivity contribution in [3.63, 3.8) is 0 Å². The Kier molecular flexibility index (Phi) is 3.49. The normalized spacial score (nSPS) is 12.9. The number of thiazole rings is 1. The van der Waals surface area contributed by atoms with Crippen molar-refractivity contribution in [2.75, 3.05) is 0 Å². The lowest BCUT2D eigenvalue weighted by atomic mass is 9.98. The largest absolute Gasteiger partial charge is 0.320 e. The number of hydrogen-bond acceptors (Lipinski definition) is 5. The van der Waals surface area contributed by atoms with Crippen molar-refractivity contribution in [1.29, 1.82) is 0 Å². The predicted octanol–water partition coefficient (Wildman–Crippen LogP) is 2.27. The van der Waals surface area contributed by atoms with Crippen molar-refractivity contribution in [3.8, 4) is 0 Å². The molecular weight excluding hydrogens is 258 g/mol. The highest BCUT2D eigenvalue weighted by Gasteiger charge is 2.20. The Bertz CT molecular complexity index is 506. The molecule has 19 heavy (non-hydrogen) atoms. The van der Waals surface area contributed by atoms with Gasteiger partial charge in [0, 0.05) is 10.8 Å². The molecule has 2 rings (SSSR count). The second-order valence-electron chi connectivity index (χ2n) is 6.42. The van der Waals surface area contributed by atoms with Gasteiger partial charge in [0.2, 0.25) is 0 Å². The van der Waals surface area contributed by atoms with Gasteiger partial charge in [-0.3, -0.25) is 0 Å². The number of rotatable bonds is 3. The molecular formula is C13H21N5S. The maximum absolute atomic E-state index is 6.00. The van der Waals surface area contributed by atoms with Crippen LogP contribution in [0.4, 0.5) is 0 Å². The molecule has 6 heteroatoms. The number of hydrogen-bond donors (Lipinski definition) is 1. The molecule has 2 heterocycles. The van der Waals surface area contributed by atoms with E-state index >= 15 is 0 Å². The standard InChI is InChI=1S/C13H21N5S/c1-12(2,3)11-15-9(8-19-11)6-18-7-10(16-17-18)13(4,5)14/h7-8H,6,14H2,1-5H3. The summed E-state index contributed by atoms with van der Waals surface area (Å²) in [7, 11) is 0. The summed E-state index contributed by atoms with van der Waals surface area (Å²) in [5.41, 5.74) is 7.43. The van der Waals surface area contributed by atoms with E-state index < -0.39 is 5.54 Å². The molecule has 0 bridgehead atoms. The third kappa shape index (κ3) is 3.39. The Morgan fingerprint density at radius 2 is 1.95 bits per heavy atom. The van der Waals surface area contributed by atoms with E-state index in [1.165, 1.54) is 0 Å². The van der Waals surface area contributed by atoms with E-state index in [9.17, 15) is 0 Å². The molecule has 0 radical (unpaired) electrons. The Balaban J connectivity index is 2.14. The zero-order valence-electron chi connectivity index (χ0n) is 12.1. The van der Waals surface area contributed by atoms with Crippen molar-refractivity contribution in [2.24, 2.45) is 5.73 Å². The van der Waals surface area contributed by atoms with Gasteiger partial charge >= 0.3 is 0 Å². The fraction of sp³-hybridized carbons (Fsp3) is 0.615. The Morgan fingerprint density at radius 1 is 1.26 bits per heavy atom. The molecule has 0 unspecified atom stereocenters. The molecule has 0 fully saturated rings. The van der Waals surface area contributed by atoms with E-state index in [0.717, 1.165) is 16.4 Å². The quantitative estimate of drug-likeness (QED) is 0.935. The predicted molar refractivity (Wildman–Crippen MR) is 77.2 cm³/mol. The average Bonchev–Trinajstić information content (AvgIpc) is 2.84. The van der Waals surface area contributed by atoms with E-state index in [4.69, 9.17) is 5.73 Å². The van der Waals surface area contributed by atoms with Crippen molar-refractivity contribution in [1.82, 2.24) is 20.0 Å². The molecule has 0 amide bonds. The highest BCUT2D eigenvalue weighted by molar-refractivity contribution is 7.09. The summed E-state index contributed by atoms with van der Waals surface area (Å²) in [5, 5.41) is 11.4. The maximum Gasteiger partial charge on any atom is 0.102 e. The van der Waals surface area contributed by atoms with Gasteiger partial charge in [-0.05, 0) is 13.8 Å². The molecule has 0 saturated heterocycles. The fourth-order valence-electron chi connectivity index (χ4n) is 1.56. The van der Waals surface area contributed by atoms with Gasteiger partial charge in [-0.15, -0.1) is 16.4 Å². The van der Waals surface area contributed by atoms with Crippen LogP contribution in [0.2, 0.25) is 0 Å². The summed E-state index contributed by atoms with van der Waals surface area (Å²) in [6, 6.07) is 0. The minimum atomic E-state index is -0.461. The minimum Gasteiger partial charge on any atom is -0.320 e. The molecule has 0 aromatic carbocycles. The first-order chi connectivity index (χ1) is 8.66. The zero-order chi connectivity index (χ0) is 14.3. The van der Waals surface area contributed by atoms with Crippen molar-refractivity contribution >= 4 is 11.3 Å². The molecule has 2 aromatic heterocycles.